The monoisotopic (exact) mass is 343 g/mol. The summed E-state index contributed by atoms with van der Waals surface area (Å²) in [4.78, 5) is 21.0. The van der Waals surface area contributed by atoms with Crippen molar-refractivity contribution in [1.29, 1.82) is 0 Å². The maximum atomic E-state index is 12.0. The lowest BCUT2D eigenvalue weighted by atomic mass is 10.0. The Bertz CT molecular complexity index is 738. The van der Waals surface area contributed by atoms with Crippen LogP contribution in [0.3, 0.4) is 0 Å². The number of carbonyl (C=O) groups is 1. The van der Waals surface area contributed by atoms with E-state index >= 15 is 0 Å². The Hall–Kier alpha value is -2.01. The number of amides is 1. The molecule has 3 rings (SSSR count). The van der Waals surface area contributed by atoms with Gasteiger partial charge in [-0.05, 0) is 43.7 Å². The average molecular weight is 344 g/mol. The number of rotatable bonds is 1. The Balaban J connectivity index is 2.21. The van der Waals surface area contributed by atoms with Crippen LogP contribution in [0.1, 0.15) is 23.7 Å². The zero-order chi connectivity index (χ0) is 15.0. The third-order valence-corrected chi connectivity index (χ3v) is 3.84. The van der Waals surface area contributed by atoms with Gasteiger partial charge >= 0.3 is 0 Å². The van der Waals surface area contributed by atoms with Gasteiger partial charge in [0.1, 0.15) is 6.04 Å². The lowest BCUT2D eigenvalue weighted by Gasteiger charge is -2.10. The molecule has 0 aliphatic carbocycles. The van der Waals surface area contributed by atoms with Crippen molar-refractivity contribution in [1.82, 2.24) is 4.98 Å². The summed E-state index contributed by atoms with van der Waals surface area (Å²) in [5.41, 5.74) is 4.22. The largest absolute Gasteiger partial charge is 0.324 e. The molecule has 0 saturated carbocycles. The molecule has 1 aromatic heterocycles. The molecule has 1 aliphatic rings. The summed E-state index contributed by atoms with van der Waals surface area (Å²) in [7, 11) is 0. The smallest absolute Gasteiger partial charge is 0.248 e. The third kappa shape index (κ3) is 2.74. The zero-order valence-corrected chi connectivity index (χ0v) is 13.3. The maximum Gasteiger partial charge on any atom is 0.248 e. The molecule has 0 bridgehead atoms. The van der Waals surface area contributed by atoms with E-state index in [2.05, 4.69) is 31.2 Å². The molecule has 1 N–H and O–H groups in total. The van der Waals surface area contributed by atoms with Crippen molar-refractivity contribution in [3.63, 3.8) is 0 Å². The van der Waals surface area contributed by atoms with Crippen LogP contribution in [0.25, 0.3) is 0 Å². The van der Waals surface area contributed by atoms with Crippen LogP contribution in [0.5, 0.6) is 0 Å². The number of anilines is 1. The van der Waals surface area contributed by atoms with E-state index in [4.69, 9.17) is 0 Å². The Labute approximate surface area is 131 Å². The number of nitrogens with one attached hydrogen (secondary N) is 1. The Kier molecular flexibility index (Phi) is 3.59. The van der Waals surface area contributed by atoms with E-state index in [0.717, 1.165) is 32.7 Å². The van der Waals surface area contributed by atoms with Crippen LogP contribution in [0.4, 0.5) is 5.69 Å². The molecule has 21 heavy (non-hydrogen) atoms. The van der Waals surface area contributed by atoms with Gasteiger partial charge < -0.3 is 5.32 Å². The third-order valence-electron chi connectivity index (χ3n) is 3.35. The van der Waals surface area contributed by atoms with Crippen molar-refractivity contribution >= 4 is 33.2 Å². The first-order valence-corrected chi connectivity index (χ1v) is 7.45. The predicted octanol–water partition coefficient (Wildman–Crippen LogP) is 3.33. The minimum Gasteiger partial charge on any atom is -0.324 e. The molecular formula is C16H14BrN3O. The van der Waals surface area contributed by atoms with Gasteiger partial charge in [-0.15, -0.1) is 0 Å². The van der Waals surface area contributed by atoms with Crippen LogP contribution in [0.2, 0.25) is 0 Å². The lowest BCUT2D eigenvalue weighted by molar-refractivity contribution is -0.116. The van der Waals surface area contributed by atoms with Gasteiger partial charge in [-0.3, -0.25) is 14.8 Å². The SMILES string of the molecule is Cc1ccc(C2=NC(C)C(=O)Nc3ccc(Br)cc32)nc1. The molecule has 1 aromatic carbocycles. The summed E-state index contributed by atoms with van der Waals surface area (Å²) < 4.78 is 0.935. The number of aryl methyl sites for hydroxylation is 1. The Morgan fingerprint density at radius 3 is 2.76 bits per heavy atom. The standard InChI is InChI=1S/C16H14BrN3O/c1-9-3-5-14(18-8-9)15-12-7-11(17)4-6-13(12)20-16(21)10(2)19-15/h3-8,10H,1-2H3,(H,20,21). The summed E-state index contributed by atoms with van der Waals surface area (Å²) in [6, 6.07) is 9.20. The number of hydrogen-bond acceptors (Lipinski definition) is 3. The van der Waals surface area contributed by atoms with Crippen LogP contribution in [0.15, 0.2) is 46.0 Å². The first kappa shape index (κ1) is 13.9. The van der Waals surface area contributed by atoms with Gasteiger partial charge in [0.05, 0.1) is 17.1 Å². The lowest BCUT2D eigenvalue weighted by Crippen LogP contribution is -2.22. The van der Waals surface area contributed by atoms with Gasteiger partial charge in [-0.25, -0.2) is 0 Å². The molecule has 1 atom stereocenters. The van der Waals surface area contributed by atoms with Gasteiger partial charge in [0, 0.05) is 16.2 Å². The molecule has 1 unspecified atom stereocenters. The number of halogens is 1. The molecule has 1 amide bonds. The highest BCUT2D eigenvalue weighted by molar-refractivity contribution is 9.10. The highest BCUT2D eigenvalue weighted by Gasteiger charge is 2.23. The van der Waals surface area contributed by atoms with Crippen molar-refractivity contribution in [2.75, 3.05) is 5.32 Å². The second-order valence-corrected chi connectivity index (χ2v) is 5.97. The molecule has 1 aliphatic heterocycles. The Morgan fingerprint density at radius 2 is 2.05 bits per heavy atom. The first-order valence-electron chi connectivity index (χ1n) is 6.66. The fourth-order valence-corrected chi connectivity index (χ4v) is 2.55. The van der Waals surface area contributed by atoms with Crippen LogP contribution >= 0.6 is 15.9 Å². The quantitative estimate of drug-likeness (QED) is 0.863. The van der Waals surface area contributed by atoms with E-state index < -0.39 is 6.04 Å². The van der Waals surface area contributed by atoms with E-state index in [0.29, 0.717) is 0 Å². The normalized spacial score (nSPS) is 17.6. The van der Waals surface area contributed by atoms with Crippen molar-refractivity contribution in [3.05, 3.63) is 57.8 Å². The van der Waals surface area contributed by atoms with Crippen LogP contribution < -0.4 is 5.32 Å². The topological polar surface area (TPSA) is 54.4 Å². The number of fused-ring (bicyclic) bond motifs is 1. The molecule has 0 spiro atoms. The average Bonchev–Trinajstić information content (AvgIpc) is 2.58. The molecule has 5 heteroatoms. The fourth-order valence-electron chi connectivity index (χ4n) is 2.19. The molecule has 4 nitrogen and oxygen atoms in total. The number of pyridine rings is 1. The number of aromatic nitrogens is 1. The van der Waals surface area contributed by atoms with E-state index in [1.807, 2.05) is 37.3 Å². The second-order valence-electron chi connectivity index (χ2n) is 5.05. The van der Waals surface area contributed by atoms with Crippen molar-refractivity contribution in [2.45, 2.75) is 19.9 Å². The van der Waals surface area contributed by atoms with Gasteiger partial charge in [0.15, 0.2) is 0 Å². The van der Waals surface area contributed by atoms with Crippen LogP contribution in [-0.2, 0) is 4.79 Å². The minimum absolute atomic E-state index is 0.110. The first-order chi connectivity index (χ1) is 10.0. The summed E-state index contributed by atoms with van der Waals surface area (Å²) in [6.07, 6.45) is 1.81. The van der Waals surface area contributed by atoms with Crippen molar-refractivity contribution in [3.8, 4) is 0 Å². The van der Waals surface area contributed by atoms with Gasteiger partial charge in [0.25, 0.3) is 0 Å². The van der Waals surface area contributed by atoms with Crippen molar-refractivity contribution < 1.29 is 4.79 Å². The van der Waals surface area contributed by atoms with Crippen LogP contribution in [0, 0.1) is 6.92 Å². The summed E-state index contributed by atoms with van der Waals surface area (Å²) in [5.74, 6) is -0.110. The highest BCUT2D eigenvalue weighted by Crippen LogP contribution is 2.26. The molecular weight excluding hydrogens is 330 g/mol. The van der Waals surface area contributed by atoms with Crippen molar-refractivity contribution in [2.24, 2.45) is 4.99 Å². The molecule has 0 fully saturated rings. The number of aliphatic imine (C=N–C) groups is 1. The molecule has 106 valence electrons. The molecule has 2 heterocycles. The summed E-state index contributed by atoms with van der Waals surface area (Å²) in [6.45, 7) is 3.77. The molecule has 0 radical (unpaired) electrons. The predicted molar refractivity (Wildman–Crippen MR) is 86.8 cm³/mol. The van der Waals surface area contributed by atoms with Gasteiger partial charge in [0.2, 0.25) is 5.91 Å². The zero-order valence-electron chi connectivity index (χ0n) is 11.7. The number of carbonyl (C=O) groups excluding carboxylic acids is 1. The summed E-state index contributed by atoms with van der Waals surface area (Å²) >= 11 is 3.47. The van der Waals surface area contributed by atoms with Crippen LogP contribution in [-0.4, -0.2) is 22.6 Å². The Morgan fingerprint density at radius 1 is 1.24 bits per heavy atom. The van der Waals surface area contributed by atoms with E-state index in [-0.39, 0.29) is 5.91 Å². The fraction of sp³-hybridized carbons (Fsp3) is 0.188. The second kappa shape index (κ2) is 5.41. The van der Waals surface area contributed by atoms with E-state index in [9.17, 15) is 4.79 Å². The van der Waals surface area contributed by atoms with Gasteiger partial charge in [-0.1, -0.05) is 22.0 Å². The van der Waals surface area contributed by atoms with E-state index in [1.165, 1.54) is 0 Å². The number of hydrogen-bond donors (Lipinski definition) is 1. The summed E-state index contributed by atoms with van der Waals surface area (Å²) in [5, 5.41) is 2.91. The minimum atomic E-state index is -0.450. The van der Waals surface area contributed by atoms with Gasteiger partial charge in [-0.2, -0.15) is 0 Å². The highest BCUT2D eigenvalue weighted by atomic mass is 79.9. The van der Waals surface area contributed by atoms with E-state index in [1.54, 1.807) is 13.1 Å². The maximum absolute atomic E-state index is 12.0. The number of nitrogens with zero attached hydrogens (tertiary/aromatic N) is 2. The molecule has 0 saturated heterocycles. The number of benzene rings is 1. The number of benzodiazepines with no additional fused rings is 1. The molecule has 2 aromatic rings.